The van der Waals surface area contributed by atoms with E-state index in [-0.39, 0.29) is 11.3 Å². The third kappa shape index (κ3) is 4.88. The molecule has 0 fully saturated rings. The fourth-order valence-electron chi connectivity index (χ4n) is 2.35. The molecule has 0 amide bonds. The van der Waals surface area contributed by atoms with Gasteiger partial charge in [0.1, 0.15) is 5.75 Å². The molecule has 0 spiro atoms. The predicted octanol–water partition coefficient (Wildman–Crippen LogP) is 3.65. The van der Waals surface area contributed by atoms with Crippen LogP contribution in [0.4, 0.5) is 0 Å². The molecular formula is C22H17NO5. The van der Waals surface area contributed by atoms with Gasteiger partial charge in [-0.2, -0.15) is 0 Å². The zero-order chi connectivity index (χ0) is 19.9. The molecule has 0 aliphatic heterocycles. The summed E-state index contributed by atoms with van der Waals surface area (Å²) in [5, 5.41) is 0. The number of hydrogen-bond acceptors (Lipinski definition) is 6. The van der Waals surface area contributed by atoms with E-state index in [9.17, 15) is 14.4 Å². The molecule has 0 radical (unpaired) electrons. The van der Waals surface area contributed by atoms with Crippen LogP contribution < -0.4 is 4.74 Å². The van der Waals surface area contributed by atoms with Gasteiger partial charge in [0.25, 0.3) is 0 Å². The van der Waals surface area contributed by atoms with E-state index in [2.05, 4.69) is 4.98 Å². The van der Waals surface area contributed by atoms with Crippen molar-refractivity contribution in [1.29, 1.82) is 0 Å². The molecule has 0 atom stereocenters. The van der Waals surface area contributed by atoms with Crippen LogP contribution in [0.2, 0.25) is 0 Å². The number of aromatic nitrogens is 1. The molecule has 1 aromatic heterocycles. The van der Waals surface area contributed by atoms with Crippen LogP contribution >= 0.6 is 0 Å². The van der Waals surface area contributed by atoms with Crippen LogP contribution in [0.15, 0.2) is 73.1 Å². The quantitative estimate of drug-likeness (QED) is 0.372. The summed E-state index contributed by atoms with van der Waals surface area (Å²) in [6.07, 6.45) is 2.90. The number of Topliss-reactive ketones (excluding diaryl/α,β-unsaturated/α-hetero) is 1. The molecule has 28 heavy (non-hydrogen) atoms. The third-order valence-electron chi connectivity index (χ3n) is 3.91. The summed E-state index contributed by atoms with van der Waals surface area (Å²) in [6.45, 7) is 1.54. The summed E-state index contributed by atoms with van der Waals surface area (Å²) in [5.41, 5.74) is 2.10. The molecule has 140 valence electrons. The number of carbonyl (C=O) groups is 3. The summed E-state index contributed by atoms with van der Waals surface area (Å²) in [7, 11) is 0. The van der Waals surface area contributed by atoms with Gasteiger partial charge in [0, 0.05) is 18.0 Å². The van der Waals surface area contributed by atoms with Crippen LogP contribution in [0.25, 0.3) is 0 Å². The van der Waals surface area contributed by atoms with E-state index in [1.54, 1.807) is 24.3 Å². The molecule has 0 bridgehead atoms. The predicted molar refractivity (Wildman–Crippen MR) is 101 cm³/mol. The Morgan fingerprint density at radius 1 is 0.821 bits per heavy atom. The number of carbonyl (C=O) groups excluding carboxylic acids is 3. The summed E-state index contributed by atoms with van der Waals surface area (Å²) >= 11 is 0. The maximum atomic E-state index is 12.2. The van der Waals surface area contributed by atoms with Crippen LogP contribution in [-0.2, 0) is 4.74 Å². The molecule has 0 saturated carbocycles. The Morgan fingerprint density at radius 3 is 2.14 bits per heavy atom. The van der Waals surface area contributed by atoms with Gasteiger partial charge < -0.3 is 9.47 Å². The third-order valence-corrected chi connectivity index (χ3v) is 3.91. The van der Waals surface area contributed by atoms with Gasteiger partial charge in [0.15, 0.2) is 12.4 Å². The van der Waals surface area contributed by atoms with E-state index >= 15 is 0 Å². The van der Waals surface area contributed by atoms with Gasteiger partial charge in [-0.3, -0.25) is 9.78 Å². The minimum Gasteiger partial charge on any atom is -0.454 e. The van der Waals surface area contributed by atoms with Crippen LogP contribution in [0.3, 0.4) is 0 Å². The highest BCUT2D eigenvalue weighted by atomic mass is 16.5. The van der Waals surface area contributed by atoms with E-state index in [1.807, 2.05) is 19.1 Å². The van der Waals surface area contributed by atoms with Gasteiger partial charge in [0.2, 0.25) is 0 Å². The summed E-state index contributed by atoms with van der Waals surface area (Å²) in [6, 6.07) is 16.2. The molecule has 1 heterocycles. The Hall–Kier alpha value is -3.80. The molecule has 0 N–H and O–H groups in total. The lowest BCUT2D eigenvalue weighted by Crippen LogP contribution is -2.14. The van der Waals surface area contributed by atoms with Crippen LogP contribution in [-0.4, -0.2) is 29.3 Å². The number of esters is 2. The molecule has 3 rings (SSSR count). The average molecular weight is 375 g/mol. The van der Waals surface area contributed by atoms with Crippen molar-refractivity contribution in [3.8, 4) is 5.75 Å². The number of ketones is 1. The van der Waals surface area contributed by atoms with Gasteiger partial charge in [-0.25, -0.2) is 9.59 Å². The van der Waals surface area contributed by atoms with Crippen molar-refractivity contribution in [3.05, 3.63) is 95.3 Å². The topological polar surface area (TPSA) is 82.6 Å². The lowest BCUT2D eigenvalue weighted by atomic mass is 10.1. The van der Waals surface area contributed by atoms with Gasteiger partial charge in [-0.1, -0.05) is 17.7 Å². The first-order valence-corrected chi connectivity index (χ1v) is 8.52. The first kappa shape index (κ1) is 19.0. The van der Waals surface area contributed by atoms with Crippen LogP contribution in [0, 0.1) is 6.92 Å². The molecule has 3 aromatic rings. The number of nitrogens with zero attached hydrogens (tertiary/aromatic N) is 1. The molecular weight excluding hydrogens is 358 g/mol. The van der Waals surface area contributed by atoms with Crippen molar-refractivity contribution in [1.82, 2.24) is 4.98 Å². The normalized spacial score (nSPS) is 10.2. The number of benzene rings is 2. The van der Waals surface area contributed by atoms with E-state index in [1.165, 1.54) is 36.7 Å². The maximum Gasteiger partial charge on any atom is 0.343 e. The largest absolute Gasteiger partial charge is 0.454 e. The number of pyridine rings is 1. The monoisotopic (exact) mass is 375 g/mol. The van der Waals surface area contributed by atoms with Gasteiger partial charge in [-0.15, -0.1) is 0 Å². The summed E-state index contributed by atoms with van der Waals surface area (Å²) in [4.78, 5) is 39.9. The van der Waals surface area contributed by atoms with Crippen molar-refractivity contribution < 1.29 is 23.9 Å². The molecule has 0 saturated heterocycles. The zero-order valence-corrected chi connectivity index (χ0v) is 15.1. The highest BCUT2D eigenvalue weighted by Crippen LogP contribution is 2.15. The van der Waals surface area contributed by atoms with Crippen molar-refractivity contribution in [3.63, 3.8) is 0 Å². The van der Waals surface area contributed by atoms with Gasteiger partial charge in [-0.05, 0) is 55.5 Å². The first-order chi connectivity index (χ1) is 13.5. The Bertz CT molecular complexity index is 980. The second kappa shape index (κ2) is 8.73. The summed E-state index contributed by atoms with van der Waals surface area (Å²) in [5.74, 6) is -1.15. The highest BCUT2D eigenvalue weighted by Gasteiger charge is 2.13. The number of hydrogen-bond donors (Lipinski definition) is 0. The standard InChI is InChI=1S/C22H17NO5/c1-15-4-6-17(7-5-15)22(26)28-19-10-8-16(9-11-19)20(24)14-27-21(25)18-3-2-12-23-13-18/h2-13H,14H2,1H3. The highest BCUT2D eigenvalue weighted by molar-refractivity contribution is 5.99. The number of rotatable bonds is 6. The molecule has 2 aromatic carbocycles. The molecule has 6 heteroatoms. The van der Waals surface area contributed by atoms with Gasteiger partial charge >= 0.3 is 11.9 Å². The van der Waals surface area contributed by atoms with E-state index in [0.717, 1.165) is 5.56 Å². The lowest BCUT2D eigenvalue weighted by molar-refractivity contribution is 0.0474. The minimum atomic E-state index is -0.620. The number of ether oxygens (including phenoxy) is 2. The fourth-order valence-corrected chi connectivity index (χ4v) is 2.35. The van der Waals surface area contributed by atoms with Crippen molar-refractivity contribution in [2.24, 2.45) is 0 Å². The van der Waals surface area contributed by atoms with Crippen molar-refractivity contribution >= 4 is 17.7 Å². The van der Waals surface area contributed by atoms with Gasteiger partial charge in [0.05, 0.1) is 11.1 Å². The molecule has 6 nitrogen and oxygen atoms in total. The first-order valence-electron chi connectivity index (χ1n) is 8.52. The second-order valence-corrected chi connectivity index (χ2v) is 6.02. The SMILES string of the molecule is Cc1ccc(C(=O)Oc2ccc(C(=O)COC(=O)c3cccnc3)cc2)cc1. The van der Waals surface area contributed by atoms with E-state index in [4.69, 9.17) is 9.47 Å². The second-order valence-electron chi connectivity index (χ2n) is 6.02. The van der Waals surface area contributed by atoms with Crippen LogP contribution in [0.1, 0.15) is 36.6 Å². The Labute approximate surface area is 161 Å². The summed E-state index contributed by atoms with van der Waals surface area (Å²) < 4.78 is 10.3. The smallest absolute Gasteiger partial charge is 0.343 e. The fraction of sp³-hybridized carbons (Fsp3) is 0.0909. The van der Waals surface area contributed by atoms with Crippen molar-refractivity contribution in [2.75, 3.05) is 6.61 Å². The maximum absolute atomic E-state index is 12.2. The minimum absolute atomic E-state index is 0.272. The molecule has 0 aliphatic rings. The Morgan fingerprint density at radius 2 is 1.50 bits per heavy atom. The van der Waals surface area contributed by atoms with Crippen molar-refractivity contribution in [2.45, 2.75) is 6.92 Å². The van der Waals surface area contributed by atoms with Crippen LogP contribution in [0.5, 0.6) is 5.75 Å². The van der Waals surface area contributed by atoms with E-state index in [0.29, 0.717) is 16.9 Å². The Kier molecular flexibility index (Phi) is 5.91. The van der Waals surface area contributed by atoms with E-state index < -0.39 is 18.5 Å². The molecule has 0 aliphatic carbocycles. The zero-order valence-electron chi connectivity index (χ0n) is 15.1. The molecule has 0 unspecified atom stereocenters. The number of aryl methyl sites for hydroxylation is 1. The lowest BCUT2D eigenvalue weighted by Gasteiger charge is -2.07. The average Bonchev–Trinajstić information content (AvgIpc) is 2.73. The Balaban J connectivity index is 1.56.